The zero-order valence-corrected chi connectivity index (χ0v) is 10.9. The minimum absolute atomic E-state index is 0.0360. The quantitative estimate of drug-likeness (QED) is 0.360. The number of alkyl halides is 1. The van der Waals surface area contributed by atoms with Crippen LogP contribution in [-0.4, -0.2) is 29.9 Å². The number of carbonyl (C=O) groups is 1. The average Bonchev–Trinajstić information content (AvgIpc) is 2.40. The van der Waals surface area contributed by atoms with E-state index in [9.17, 15) is 14.9 Å². The third-order valence-electron chi connectivity index (χ3n) is 2.86. The standard InChI is InChI=1S/C12H13ClN2O4/c13-5-1-2-6-14-10-7-9(15(17)18)3-4-11(10)19-8-12(14)16/h3-4,7H,1-2,5-6,8H2. The van der Waals surface area contributed by atoms with E-state index in [0.717, 1.165) is 12.8 Å². The Bertz CT molecular complexity index is 507. The van der Waals surface area contributed by atoms with Gasteiger partial charge >= 0.3 is 0 Å². The number of nitro benzene ring substituents is 1. The largest absolute Gasteiger partial charge is 0.482 e. The maximum atomic E-state index is 11.8. The summed E-state index contributed by atoms with van der Waals surface area (Å²) in [4.78, 5) is 23.6. The minimum Gasteiger partial charge on any atom is -0.482 e. The monoisotopic (exact) mass is 284 g/mol. The number of non-ortho nitro benzene ring substituents is 1. The molecular weight excluding hydrogens is 272 g/mol. The molecule has 0 bridgehead atoms. The van der Waals surface area contributed by atoms with E-state index < -0.39 is 4.92 Å². The van der Waals surface area contributed by atoms with Crippen LogP contribution in [0.15, 0.2) is 18.2 Å². The molecule has 102 valence electrons. The molecule has 0 saturated heterocycles. The fourth-order valence-corrected chi connectivity index (χ4v) is 2.10. The van der Waals surface area contributed by atoms with Crippen LogP contribution in [0, 0.1) is 10.1 Å². The van der Waals surface area contributed by atoms with Crippen LogP contribution in [0.3, 0.4) is 0 Å². The van der Waals surface area contributed by atoms with E-state index in [0.29, 0.717) is 23.9 Å². The first-order valence-corrected chi connectivity index (χ1v) is 6.44. The van der Waals surface area contributed by atoms with Crippen molar-refractivity contribution >= 4 is 28.9 Å². The second-order valence-electron chi connectivity index (χ2n) is 4.14. The number of benzene rings is 1. The number of nitrogens with zero attached hydrogens (tertiary/aromatic N) is 2. The summed E-state index contributed by atoms with van der Waals surface area (Å²) in [6, 6.07) is 4.26. The number of fused-ring (bicyclic) bond motifs is 1. The lowest BCUT2D eigenvalue weighted by Gasteiger charge is -2.29. The molecule has 1 aliphatic heterocycles. The SMILES string of the molecule is O=C1COc2ccc([N+](=O)[O-])cc2N1CCCCCl. The van der Waals surface area contributed by atoms with Crippen molar-refractivity contribution in [3.8, 4) is 5.75 Å². The Morgan fingerprint density at radius 2 is 2.21 bits per heavy atom. The first-order valence-electron chi connectivity index (χ1n) is 5.91. The predicted molar refractivity (Wildman–Crippen MR) is 70.9 cm³/mol. The van der Waals surface area contributed by atoms with Crippen LogP contribution in [0.4, 0.5) is 11.4 Å². The Labute approximate surface area is 115 Å². The number of amides is 1. The molecule has 2 rings (SSSR count). The van der Waals surface area contributed by atoms with Crippen molar-refractivity contribution < 1.29 is 14.5 Å². The van der Waals surface area contributed by atoms with Crippen molar-refractivity contribution in [2.24, 2.45) is 0 Å². The molecular formula is C12H13ClN2O4. The zero-order valence-electron chi connectivity index (χ0n) is 10.2. The highest BCUT2D eigenvalue weighted by molar-refractivity contribution is 6.17. The number of hydrogen-bond donors (Lipinski definition) is 0. The molecule has 0 atom stereocenters. The highest BCUT2D eigenvalue weighted by Crippen LogP contribution is 2.35. The molecule has 1 amide bonds. The van der Waals surface area contributed by atoms with Crippen molar-refractivity contribution in [3.63, 3.8) is 0 Å². The summed E-state index contributed by atoms with van der Waals surface area (Å²) in [5.74, 6) is 0.832. The highest BCUT2D eigenvalue weighted by Gasteiger charge is 2.26. The topological polar surface area (TPSA) is 72.7 Å². The van der Waals surface area contributed by atoms with Gasteiger partial charge in [-0.15, -0.1) is 11.6 Å². The van der Waals surface area contributed by atoms with Crippen LogP contribution < -0.4 is 9.64 Å². The molecule has 0 radical (unpaired) electrons. The fourth-order valence-electron chi connectivity index (χ4n) is 1.91. The lowest BCUT2D eigenvalue weighted by Crippen LogP contribution is -2.39. The third-order valence-corrected chi connectivity index (χ3v) is 3.13. The third kappa shape index (κ3) is 2.96. The molecule has 0 aliphatic carbocycles. The van der Waals surface area contributed by atoms with E-state index in [1.807, 2.05) is 0 Å². The Kier molecular flexibility index (Phi) is 4.21. The number of rotatable bonds is 5. The number of carbonyl (C=O) groups excluding carboxylic acids is 1. The molecule has 0 unspecified atom stereocenters. The van der Waals surface area contributed by atoms with Crippen LogP contribution in [0.1, 0.15) is 12.8 Å². The van der Waals surface area contributed by atoms with Crippen molar-refractivity contribution in [2.45, 2.75) is 12.8 Å². The maximum absolute atomic E-state index is 11.8. The normalized spacial score (nSPS) is 13.9. The predicted octanol–water partition coefficient (Wildman–Crippen LogP) is 2.34. The van der Waals surface area contributed by atoms with Crippen molar-refractivity contribution in [1.29, 1.82) is 0 Å². The molecule has 1 aliphatic rings. The second-order valence-corrected chi connectivity index (χ2v) is 4.52. The van der Waals surface area contributed by atoms with Gasteiger partial charge in [0.1, 0.15) is 5.75 Å². The van der Waals surface area contributed by atoms with E-state index in [1.54, 1.807) is 0 Å². The molecule has 1 aromatic carbocycles. The molecule has 6 nitrogen and oxygen atoms in total. The number of anilines is 1. The van der Waals surface area contributed by atoms with E-state index >= 15 is 0 Å². The molecule has 0 saturated carbocycles. The summed E-state index contributed by atoms with van der Waals surface area (Å²) in [5.41, 5.74) is 0.402. The van der Waals surface area contributed by atoms with Crippen LogP contribution >= 0.6 is 11.6 Å². The van der Waals surface area contributed by atoms with Crippen molar-refractivity contribution in [1.82, 2.24) is 0 Å². The van der Waals surface area contributed by atoms with Gasteiger partial charge < -0.3 is 9.64 Å². The summed E-state index contributed by atoms with van der Waals surface area (Å²) >= 11 is 5.61. The summed E-state index contributed by atoms with van der Waals surface area (Å²) in [6.45, 7) is 0.453. The van der Waals surface area contributed by atoms with Gasteiger partial charge in [-0.3, -0.25) is 14.9 Å². The summed E-state index contributed by atoms with van der Waals surface area (Å²) < 4.78 is 5.27. The molecule has 0 spiro atoms. The molecule has 0 aromatic heterocycles. The van der Waals surface area contributed by atoms with Crippen molar-refractivity contribution in [3.05, 3.63) is 28.3 Å². The van der Waals surface area contributed by atoms with Gasteiger partial charge in [0.05, 0.1) is 10.6 Å². The number of unbranched alkanes of at least 4 members (excludes halogenated alkanes) is 1. The van der Waals surface area contributed by atoms with Crippen LogP contribution in [0.25, 0.3) is 0 Å². The van der Waals surface area contributed by atoms with Gasteiger partial charge in [0.25, 0.3) is 11.6 Å². The number of halogens is 1. The number of hydrogen-bond acceptors (Lipinski definition) is 4. The summed E-state index contributed by atoms with van der Waals surface area (Å²) in [7, 11) is 0. The molecule has 19 heavy (non-hydrogen) atoms. The van der Waals surface area contributed by atoms with Gasteiger partial charge in [0.15, 0.2) is 6.61 Å². The highest BCUT2D eigenvalue weighted by atomic mass is 35.5. The maximum Gasteiger partial charge on any atom is 0.271 e. The Morgan fingerprint density at radius 1 is 1.42 bits per heavy atom. The molecule has 0 fully saturated rings. The van der Waals surface area contributed by atoms with Gasteiger partial charge in [-0.2, -0.15) is 0 Å². The average molecular weight is 285 g/mol. The lowest BCUT2D eigenvalue weighted by atomic mass is 10.2. The Balaban J connectivity index is 2.27. The van der Waals surface area contributed by atoms with Gasteiger partial charge in [-0.25, -0.2) is 0 Å². The van der Waals surface area contributed by atoms with Gasteiger partial charge in [-0.05, 0) is 18.9 Å². The lowest BCUT2D eigenvalue weighted by molar-refractivity contribution is -0.384. The first kappa shape index (κ1) is 13.6. The first-order chi connectivity index (χ1) is 9.13. The molecule has 1 heterocycles. The Morgan fingerprint density at radius 3 is 2.89 bits per heavy atom. The van der Waals surface area contributed by atoms with Crippen LogP contribution in [-0.2, 0) is 4.79 Å². The summed E-state index contributed by atoms with van der Waals surface area (Å²) in [5, 5.41) is 10.8. The molecule has 1 aromatic rings. The molecule has 0 N–H and O–H groups in total. The number of nitro groups is 1. The van der Waals surface area contributed by atoms with E-state index in [-0.39, 0.29) is 18.2 Å². The van der Waals surface area contributed by atoms with Gasteiger partial charge in [0.2, 0.25) is 0 Å². The van der Waals surface area contributed by atoms with E-state index in [1.165, 1.54) is 23.1 Å². The van der Waals surface area contributed by atoms with E-state index in [4.69, 9.17) is 16.3 Å². The molecule has 7 heteroatoms. The Hall–Kier alpha value is -1.82. The van der Waals surface area contributed by atoms with Crippen LogP contribution in [0.5, 0.6) is 5.75 Å². The smallest absolute Gasteiger partial charge is 0.271 e. The zero-order chi connectivity index (χ0) is 13.8. The van der Waals surface area contributed by atoms with Crippen LogP contribution in [0.2, 0.25) is 0 Å². The second kappa shape index (κ2) is 5.88. The van der Waals surface area contributed by atoms with Gasteiger partial charge in [-0.1, -0.05) is 0 Å². The summed E-state index contributed by atoms with van der Waals surface area (Å²) in [6.07, 6.45) is 1.54. The fraction of sp³-hybridized carbons (Fsp3) is 0.417. The van der Waals surface area contributed by atoms with E-state index in [2.05, 4.69) is 0 Å². The van der Waals surface area contributed by atoms with Gasteiger partial charge in [0, 0.05) is 24.6 Å². The number of ether oxygens (including phenoxy) is 1. The minimum atomic E-state index is -0.490. The van der Waals surface area contributed by atoms with Crippen molar-refractivity contribution in [2.75, 3.05) is 23.9 Å².